The van der Waals surface area contributed by atoms with Crippen LogP contribution in [0.1, 0.15) is 6.42 Å². The number of rotatable bonds is 5. The second kappa shape index (κ2) is 6.53. The first-order valence-corrected chi connectivity index (χ1v) is 6.50. The lowest BCUT2D eigenvalue weighted by Crippen LogP contribution is -2.17. The summed E-state index contributed by atoms with van der Waals surface area (Å²) in [7, 11) is 4.02. The summed E-state index contributed by atoms with van der Waals surface area (Å²) in [5, 5.41) is 9.75. The summed E-state index contributed by atoms with van der Waals surface area (Å²) >= 11 is 4.89. The van der Waals surface area contributed by atoms with Gasteiger partial charge in [-0.05, 0) is 44.8 Å². The van der Waals surface area contributed by atoms with Crippen LogP contribution >= 0.6 is 27.7 Å². The summed E-state index contributed by atoms with van der Waals surface area (Å²) < 4.78 is 1.06. The van der Waals surface area contributed by atoms with E-state index in [4.69, 9.17) is 0 Å². The van der Waals surface area contributed by atoms with Crippen LogP contribution in [-0.4, -0.2) is 36.1 Å². The molecule has 0 aliphatic heterocycles. The number of hydrogen-bond acceptors (Lipinski definition) is 3. The Balaban J connectivity index is 2.37. The van der Waals surface area contributed by atoms with E-state index in [9.17, 15) is 5.11 Å². The van der Waals surface area contributed by atoms with E-state index in [0.29, 0.717) is 0 Å². The molecular formula is C11H16BrNOS. The molecule has 84 valence electrons. The Morgan fingerprint density at radius 1 is 1.33 bits per heavy atom. The van der Waals surface area contributed by atoms with Crippen LogP contribution in [0.3, 0.4) is 0 Å². The molecule has 15 heavy (non-hydrogen) atoms. The van der Waals surface area contributed by atoms with Gasteiger partial charge >= 0.3 is 0 Å². The molecule has 0 saturated carbocycles. The summed E-state index contributed by atoms with van der Waals surface area (Å²) in [5.74, 6) is 0. The first-order chi connectivity index (χ1) is 7.08. The van der Waals surface area contributed by atoms with Crippen molar-refractivity contribution >= 4 is 27.7 Å². The third kappa shape index (κ3) is 5.56. The Labute approximate surface area is 104 Å². The van der Waals surface area contributed by atoms with Crippen LogP contribution in [0.2, 0.25) is 0 Å². The van der Waals surface area contributed by atoms with Gasteiger partial charge in [-0.1, -0.05) is 27.7 Å². The van der Waals surface area contributed by atoms with Crippen LogP contribution in [-0.2, 0) is 0 Å². The van der Waals surface area contributed by atoms with Crippen LogP contribution in [0.25, 0.3) is 0 Å². The Kier molecular flexibility index (Phi) is 5.68. The lowest BCUT2D eigenvalue weighted by atomic mass is 10.4. The fourth-order valence-corrected chi connectivity index (χ4v) is 2.19. The van der Waals surface area contributed by atoms with Gasteiger partial charge in [-0.2, -0.15) is 0 Å². The first-order valence-electron chi connectivity index (χ1n) is 4.83. The summed E-state index contributed by atoms with van der Waals surface area (Å²) in [5.41, 5.74) is -0.325. The van der Waals surface area contributed by atoms with Gasteiger partial charge in [0.2, 0.25) is 0 Å². The molecule has 0 spiro atoms. The van der Waals surface area contributed by atoms with E-state index < -0.39 is 0 Å². The Morgan fingerprint density at radius 3 is 2.47 bits per heavy atom. The van der Waals surface area contributed by atoms with Crippen molar-refractivity contribution in [2.75, 3.05) is 20.6 Å². The number of aliphatic hydroxyl groups excluding tert-OH is 1. The van der Waals surface area contributed by atoms with Gasteiger partial charge < -0.3 is 10.0 Å². The van der Waals surface area contributed by atoms with Crippen molar-refractivity contribution in [3.63, 3.8) is 0 Å². The van der Waals surface area contributed by atoms with Crippen molar-refractivity contribution in [2.45, 2.75) is 16.8 Å². The monoisotopic (exact) mass is 289 g/mol. The standard InChI is InChI=1S/C11H16BrNOS/c1-13(2)8-7-11(14)15-10-5-3-9(12)4-6-10/h3-6,11,14H,7-8H2,1-2H3. The molecule has 1 atom stereocenters. The molecule has 1 aromatic rings. The van der Waals surface area contributed by atoms with Crippen LogP contribution in [0.4, 0.5) is 0 Å². The van der Waals surface area contributed by atoms with Crippen molar-refractivity contribution in [3.05, 3.63) is 28.7 Å². The molecular weight excluding hydrogens is 274 g/mol. The Hall–Kier alpha value is -0.0300. The molecule has 1 aromatic carbocycles. The highest BCUT2D eigenvalue weighted by Gasteiger charge is 2.06. The van der Waals surface area contributed by atoms with E-state index in [1.807, 2.05) is 38.4 Å². The quantitative estimate of drug-likeness (QED) is 0.666. The van der Waals surface area contributed by atoms with Crippen LogP contribution in [0.15, 0.2) is 33.6 Å². The fourth-order valence-electron chi connectivity index (χ4n) is 1.10. The molecule has 0 fully saturated rings. The highest BCUT2D eigenvalue weighted by atomic mass is 79.9. The molecule has 0 saturated heterocycles. The lowest BCUT2D eigenvalue weighted by molar-refractivity contribution is 0.232. The maximum Gasteiger partial charge on any atom is 0.105 e. The maximum atomic E-state index is 9.75. The second-order valence-corrected chi connectivity index (χ2v) is 5.79. The predicted octanol–water partition coefficient (Wildman–Crippen LogP) is 2.81. The minimum Gasteiger partial charge on any atom is -0.382 e. The summed E-state index contributed by atoms with van der Waals surface area (Å²) in [6.07, 6.45) is 0.785. The SMILES string of the molecule is CN(C)CCC(O)Sc1ccc(Br)cc1. The zero-order valence-corrected chi connectivity index (χ0v) is 11.4. The minimum absolute atomic E-state index is 0.325. The molecule has 0 bridgehead atoms. The maximum absolute atomic E-state index is 9.75. The Morgan fingerprint density at radius 2 is 1.93 bits per heavy atom. The van der Waals surface area contributed by atoms with Crippen molar-refractivity contribution in [1.82, 2.24) is 4.90 Å². The molecule has 0 radical (unpaired) electrons. The number of hydrogen-bond donors (Lipinski definition) is 1. The smallest absolute Gasteiger partial charge is 0.105 e. The van der Waals surface area contributed by atoms with Gasteiger partial charge in [-0.15, -0.1) is 0 Å². The Bertz CT molecular complexity index is 289. The summed E-state index contributed by atoms with van der Waals surface area (Å²) in [6.45, 7) is 0.907. The van der Waals surface area contributed by atoms with E-state index in [2.05, 4.69) is 20.8 Å². The molecule has 1 N–H and O–H groups in total. The first kappa shape index (κ1) is 13.0. The molecule has 0 aliphatic rings. The molecule has 1 rings (SSSR count). The molecule has 0 amide bonds. The topological polar surface area (TPSA) is 23.5 Å². The van der Waals surface area contributed by atoms with Gasteiger partial charge in [0.15, 0.2) is 0 Å². The zero-order chi connectivity index (χ0) is 11.3. The van der Waals surface area contributed by atoms with Crippen molar-refractivity contribution in [1.29, 1.82) is 0 Å². The molecule has 4 heteroatoms. The second-order valence-electron chi connectivity index (χ2n) is 3.62. The highest BCUT2D eigenvalue weighted by molar-refractivity contribution is 9.10. The molecule has 0 heterocycles. The van der Waals surface area contributed by atoms with Gasteiger partial charge in [0, 0.05) is 15.9 Å². The average Bonchev–Trinajstić information content (AvgIpc) is 2.19. The predicted molar refractivity (Wildman–Crippen MR) is 69.2 cm³/mol. The molecule has 0 aromatic heterocycles. The van der Waals surface area contributed by atoms with Gasteiger partial charge in [0.25, 0.3) is 0 Å². The van der Waals surface area contributed by atoms with E-state index in [-0.39, 0.29) is 5.44 Å². The number of thioether (sulfide) groups is 1. The third-order valence-corrected chi connectivity index (χ3v) is 3.49. The van der Waals surface area contributed by atoms with E-state index in [1.54, 1.807) is 0 Å². The summed E-state index contributed by atoms with van der Waals surface area (Å²) in [6, 6.07) is 7.99. The number of nitrogens with zero attached hydrogens (tertiary/aromatic N) is 1. The number of aliphatic hydroxyl groups is 1. The third-order valence-electron chi connectivity index (χ3n) is 1.91. The molecule has 1 unspecified atom stereocenters. The van der Waals surface area contributed by atoms with Crippen molar-refractivity contribution in [2.24, 2.45) is 0 Å². The van der Waals surface area contributed by atoms with Gasteiger partial charge in [0.1, 0.15) is 5.44 Å². The fraction of sp³-hybridized carbons (Fsp3) is 0.455. The van der Waals surface area contributed by atoms with Gasteiger partial charge in [-0.3, -0.25) is 0 Å². The lowest BCUT2D eigenvalue weighted by Gasteiger charge is -2.13. The van der Waals surface area contributed by atoms with Crippen LogP contribution in [0.5, 0.6) is 0 Å². The van der Waals surface area contributed by atoms with Crippen LogP contribution < -0.4 is 0 Å². The molecule has 0 aliphatic carbocycles. The highest BCUT2D eigenvalue weighted by Crippen LogP contribution is 2.25. The number of halogens is 1. The van der Waals surface area contributed by atoms with Gasteiger partial charge in [0.05, 0.1) is 0 Å². The molecule has 2 nitrogen and oxygen atoms in total. The minimum atomic E-state index is -0.325. The van der Waals surface area contributed by atoms with Crippen molar-refractivity contribution in [3.8, 4) is 0 Å². The van der Waals surface area contributed by atoms with E-state index in [0.717, 1.165) is 22.3 Å². The number of benzene rings is 1. The van der Waals surface area contributed by atoms with Crippen molar-refractivity contribution < 1.29 is 5.11 Å². The van der Waals surface area contributed by atoms with E-state index in [1.165, 1.54) is 11.8 Å². The summed E-state index contributed by atoms with van der Waals surface area (Å²) in [4.78, 5) is 3.18. The van der Waals surface area contributed by atoms with Gasteiger partial charge in [-0.25, -0.2) is 0 Å². The zero-order valence-electron chi connectivity index (χ0n) is 8.98. The van der Waals surface area contributed by atoms with E-state index >= 15 is 0 Å². The van der Waals surface area contributed by atoms with Crippen LogP contribution in [0, 0.1) is 0 Å². The average molecular weight is 290 g/mol. The largest absolute Gasteiger partial charge is 0.382 e. The normalized spacial score (nSPS) is 13.1.